The van der Waals surface area contributed by atoms with Gasteiger partial charge in [-0.25, -0.2) is 4.79 Å². The van der Waals surface area contributed by atoms with Crippen LogP contribution in [0.25, 0.3) is 0 Å². The van der Waals surface area contributed by atoms with Crippen molar-refractivity contribution >= 4 is 23.4 Å². The van der Waals surface area contributed by atoms with Crippen molar-refractivity contribution in [2.24, 2.45) is 11.7 Å². The summed E-state index contributed by atoms with van der Waals surface area (Å²) in [7, 11) is 6.58. The van der Waals surface area contributed by atoms with E-state index in [1.165, 1.54) is 21.1 Å². The summed E-state index contributed by atoms with van der Waals surface area (Å²) in [6, 6.07) is 8.35. The highest BCUT2D eigenvalue weighted by molar-refractivity contribution is 6.33. The molecule has 2 atom stereocenters. The summed E-state index contributed by atoms with van der Waals surface area (Å²) in [5.41, 5.74) is 5.65. The Hall–Kier alpha value is -2.61. The summed E-state index contributed by atoms with van der Waals surface area (Å²) in [6.07, 6.45) is 0.976. The zero-order chi connectivity index (χ0) is 24.7. The first-order chi connectivity index (χ1) is 15.8. The fourth-order valence-corrected chi connectivity index (χ4v) is 4.34. The molecule has 1 aliphatic heterocycles. The van der Waals surface area contributed by atoms with Gasteiger partial charge in [-0.3, -0.25) is 4.79 Å². The third-order valence-electron chi connectivity index (χ3n) is 5.86. The molecule has 0 saturated carbocycles. The van der Waals surface area contributed by atoms with Crippen molar-refractivity contribution < 1.29 is 23.8 Å². The summed E-state index contributed by atoms with van der Waals surface area (Å²) < 4.78 is 17.1. The number of ketones is 1. The number of hydrogen-bond acceptors (Lipinski definition) is 7. The number of rotatable bonds is 6. The van der Waals surface area contributed by atoms with E-state index >= 15 is 0 Å². The maximum Gasteiger partial charge on any atom is 0.345 e. The van der Waals surface area contributed by atoms with Gasteiger partial charge in [0, 0.05) is 24.1 Å². The van der Waals surface area contributed by atoms with Crippen LogP contribution in [0.1, 0.15) is 52.5 Å². The minimum absolute atomic E-state index is 0.00625. The number of nitrogens with zero attached hydrogens (tertiary/aromatic N) is 1. The molecule has 2 aromatic carbocycles. The van der Waals surface area contributed by atoms with E-state index in [2.05, 4.69) is 24.6 Å². The van der Waals surface area contributed by atoms with Gasteiger partial charge in [0.2, 0.25) is 0 Å². The SMILES string of the molecule is CN.COc1cc(OC)c([C@@H]2CN(C)CC[C@@H]2C)c(OC(=O)c2ccccc2Cl)c1C(C)=O. The van der Waals surface area contributed by atoms with E-state index in [4.69, 9.17) is 25.8 Å². The smallest absolute Gasteiger partial charge is 0.345 e. The molecule has 0 aromatic heterocycles. The lowest BCUT2D eigenvalue weighted by Crippen LogP contribution is -2.36. The van der Waals surface area contributed by atoms with Gasteiger partial charge in [-0.2, -0.15) is 0 Å². The maximum absolute atomic E-state index is 13.1. The molecule has 0 radical (unpaired) electrons. The number of carbonyl (C=O) groups excluding carboxylic acids is 2. The van der Waals surface area contributed by atoms with Crippen molar-refractivity contribution in [1.29, 1.82) is 0 Å². The number of benzene rings is 2. The molecule has 180 valence electrons. The van der Waals surface area contributed by atoms with Crippen LogP contribution in [0.2, 0.25) is 5.02 Å². The molecule has 0 amide bonds. The third-order valence-corrected chi connectivity index (χ3v) is 6.19. The molecule has 2 aromatic rings. The second-order valence-electron chi connectivity index (χ2n) is 7.96. The van der Waals surface area contributed by atoms with E-state index in [-0.39, 0.29) is 33.6 Å². The second-order valence-corrected chi connectivity index (χ2v) is 8.37. The van der Waals surface area contributed by atoms with E-state index in [0.717, 1.165) is 19.5 Å². The standard InChI is InChI=1S/C24H28ClNO5.CH5N/c1-14-10-11-26(3)13-17(14)22-20(30-5)12-19(29-4)21(15(2)27)23(22)31-24(28)16-8-6-7-9-18(16)25;1-2/h6-9,12,14,17H,10-11,13H2,1-5H3;2H2,1H3/t14-,17+;/m0./s1. The van der Waals surface area contributed by atoms with Gasteiger partial charge in [-0.05, 0) is 52.0 Å². The Balaban J connectivity index is 0.00000187. The number of halogens is 1. The molecule has 2 N–H and O–H groups in total. The average molecular weight is 477 g/mol. The van der Waals surface area contributed by atoms with Crippen molar-refractivity contribution in [1.82, 2.24) is 4.90 Å². The number of methoxy groups -OCH3 is 2. The second kappa shape index (κ2) is 12.0. The Labute approximate surface area is 200 Å². The van der Waals surface area contributed by atoms with Gasteiger partial charge in [0.1, 0.15) is 17.1 Å². The molecule has 1 aliphatic rings. The van der Waals surface area contributed by atoms with E-state index in [0.29, 0.717) is 23.0 Å². The Morgan fingerprint density at radius 3 is 2.33 bits per heavy atom. The maximum atomic E-state index is 13.1. The first-order valence-corrected chi connectivity index (χ1v) is 11.2. The summed E-state index contributed by atoms with van der Waals surface area (Å²) >= 11 is 6.21. The molecule has 7 nitrogen and oxygen atoms in total. The largest absolute Gasteiger partial charge is 0.496 e. The van der Waals surface area contributed by atoms with Crippen LogP contribution in [-0.4, -0.2) is 58.1 Å². The van der Waals surface area contributed by atoms with Crippen LogP contribution in [0, 0.1) is 5.92 Å². The molecule has 0 unspecified atom stereocenters. The number of likely N-dealkylation sites (tertiary alicyclic amines) is 1. The van der Waals surface area contributed by atoms with Crippen molar-refractivity contribution in [2.45, 2.75) is 26.2 Å². The molecular weight excluding hydrogens is 444 g/mol. The lowest BCUT2D eigenvalue weighted by atomic mass is 9.80. The number of esters is 1. The van der Waals surface area contributed by atoms with Gasteiger partial charge < -0.3 is 24.8 Å². The normalized spacial score (nSPS) is 18.1. The molecule has 1 heterocycles. The molecule has 1 fully saturated rings. The number of piperidine rings is 1. The Bertz CT molecular complexity index is 995. The number of ether oxygens (including phenoxy) is 3. The summed E-state index contributed by atoms with van der Waals surface area (Å²) in [5.74, 6) is 0.410. The van der Waals surface area contributed by atoms with E-state index in [9.17, 15) is 9.59 Å². The summed E-state index contributed by atoms with van der Waals surface area (Å²) in [6.45, 7) is 5.31. The van der Waals surface area contributed by atoms with Gasteiger partial charge in [-0.1, -0.05) is 30.7 Å². The van der Waals surface area contributed by atoms with Crippen molar-refractivity contribution in [3.63, 3.8) is 0 Å². The van der Waals surface area contributed by atoms with Gasteiger partial charge in [0.25, 0.3) is 0 Å². The molecule has 1 saturated heterocycles. The van der Waals surface area contributed by atoms with Crippen LogP contribution in [0.5, 0.6) is 17.2 Å². The zero-order valence-electron chi connectivity index (χ0n) is 20.1. The van der Waals surface area contributed by atoms with Crippen LogP contribution >= 0.6 is 11.6 Å². The fourth-order valence-electron chi connectivity index (χ4n) is 4.13. The Kier molecular flexibility index (Phi) is 9.70. The lowest BCUT2D eigenvalue weighted by molar-refractivity contribution is 0.0727. The van der Waals surface area contributed by atoms with Crippen molar-refractivity contribution in [3.05, 3.63) is 52.0 Å². The topological polar surface area (TPSA) is 91.1 Å². The van der Waals surface area contributed by atoms with Gasteiger partial charge in [0.05, 0.1) is 24.8 Å². The summed E-state index contributed by atoms with van der Waals surface area (Å²) in [5, 5.41) is 0.277. The minimum atomic E-state index is -0.638. The highest BCUT2D eigenvalue weighted by Crippen LogP contribution is 2.47. The average Bonchev–Trinajstić information content (AvgIpc) is 2.81. The number of nitrogens with two attached hydrogens (primary N) is 1. The first kappa shape index (κ1) is 26.6. The van der Waals surface area contributed by atoms with Crippen molar-refractivity contribution in [3.8, 4) is 17.2 Å². The molecule has 8 heteroatoms. The van der Waals surface area contributed by atoms with Crippen LogP contribution in [0.4, 0.5) is 0 Å². The Morgan fingerprint density at radius 1 is 1.12 bits per heavy atom. The number of carbonyl (C=O) groups is 2. The van der Waals surface area contributed by atoms with Crippen LogP contribution in [-0.2, 0) is 0 Å². The molecule has 3 rings (SSSR count). The first-order valence-electron chi connectivity index (χ1n) is 10.8. The monoisotopic (exact) mass is 476 g/mol. The molecular formula is C25H33ClN2O5. The molecule has 0 bridgehead atoms. The molecule has 0 spiro atoms. The van der Waals surface area contributed by atoms with Gasteiger partial charge in [-0.15, -0.1) is 0 Å². The lowest BCUT2D eigenvalue weighted by Gasteiger charge is -2.37. The minimum Gasteiger partial charge on any atom is -0.496 e. The highest BCUT2D eigenvalue weighted by Gasteiger charge is 2.35. The zero-order valence-corrected chi connectivity index (χ0v) is 20.9. The van der Waals surface area contributed by atoms with E-state index in [1.807, 2.05) is 0 Å². The fraction of sp³-hybridized carbons (Fsp3) is 0.440. The van der Waals surface area contributed by atoms with Crippen LogP contribution in [0.15, 0.2) is 30.3 Å². The van der Waals surface area contributed by atoms with Crippen molar-refractivity contribution in [2.75, 3.05) is 41.4 Å². The highest BCUT2D eigenvalue weighted by atomic mass is 35.5. The number of likely N-dealkylation sites (N-methyl/N-ethyl adjacent to an activating group) is 1. The number of Topliss-reactive ketones (excluding diaryl/α,β-unsaturated/α-hetero) is 1. The molecule has 0 aliphatic carbocycles. The summed E-state index contributed by atoms with van der Waals surface area (Å²) in [4.78, 5) is 28.0. The predicted octanol–water partition coefficient (Wildman–Crippen LogP) is 4.41. The van der Waals surface area contributed by atoms with Crippen LogP contribution in [0.3, 0.4) is 0 Å². The van der Waals surface area contributed by atoms with Crippen LogP contribution < -0.4 is 19.9 Å². The van der Waals surface area contributed by atoms with E-state index < -0.39 is 5.97 Å². The Morgan fingerprint density at radius 2 is 1.76 bits per heavy atom. The molecule has 33 heavy (non-hydrogen) atoms. The van der Waals surface area contributed by atoms with E-state index in [1.54, 1.807) is 37.4 Å². The number of hydrogen-bond donors (Lipinski definition) is 1. The quantitative estimate of drug-likeness (QED) is 0.375. The third kappa shape index (κ3) is 5.85. The van der Waals surface area contributed by atoms with Gasteiger partial charge >= 0.3 is 5.97 Å². The predicted molar refractivity (Wildman–Crippen MR) is 130 cm³/mol. The van der Waals surface area contributed by atoms with Gasteiger partial charge in [0.15, 0.2) is 11.5 Å².